The third-order valence-corrected chi connectivity index (χ3v) is 4.90. The summed E-state index contributed by atoms with van der Waals surface area (Å²) in [5.41, 5.74) is 2.26. The highest BCUT2D eigenvalue weighted by atomic mass is 16.5. The topological polar surface area (TPSA) is 50.3 Å². The number of hydrogen-bond donors (Lipinski definition) is 0. The van der Waals surface area contributed by atoms with E-state index < -0.39 is 0 Å². The Labute approximate surface area is 138 Å². The monoisotopic (exact) mass is 317 g/mol. The average molecular weight is 317 g/mol. The first-order chi connectivity index (χ1) is 11.1. The molecular weight excluding hydrogens is 290 g/mol. The molecular formula is C17H27N5O. The molecule has 6 heteroatoms. The van der Waals surface area contributed by atoms with Crippen molar-refractivity contribution in [2.45, 2.75) is 53.4 Å². The Hall–Kier alpha value is -1.66. The van der Waals surface area contributed by atoms with Crippen LogP contribution in [0.5, 0.6) is 0 Å². The van der Waals surface area contributed by atoms with Crippen LogP contribution in [0.3, 0.4) is 0 Å². The summed E-state index contributed by atoms with van der Waals surface area (Å²) in [5, 5.41) is 4.06. The van der Waals surface area contributed by atoms with Gasteiger partial charge in [-0.2, -0.15) is 0 Å². The Morgan fingerprint density at radius 2 is 2.09 bits per heavy atom. The smallest absolute Gasteiger partial charge is 0.138 e. The van der Waals surface area contributed by atoms with Crippen molar-refractivity contribution in [1.82, 2.24) is 24.5 Å². The van der Waals surface area contributed by atoms with Gasteiger partial charge in [0.05, 0.1) is 12.2 Å². The number of piperazine rings is 1. The maximum absolute atomic E-state index is 5.28. The Morgan fingerprint density at radius 1 is 1.26 bits per heavy atom. The van der Waals surface area contributed by atoms with Gasteiger partial charge in [0.2, 0.25) is 0 Å². The van der Waals surface area contributed by atoms with Crippen LogP contribution in [-0.2, 0) is 19.6 Å². The molecule has 1 aliphatic heterocycles. The van der Waals surface area contributed by atoms with E-state index in [-0.39, 0.29) is 0 Å². The number of imidazole rings is 1. The summed E-state index contributed by atoms with van der Waals surface area (Å²) >= 11 is 0. The van der Waals surface area contributed by atoms with E-state index in [1.54, 1.807) is 0 Å². The van der Waals surface area contributed by atoms with Crippen LogP contribution in [0.4, 0.5) is 0 Å². The second-order valence-electron chi connectivity index (χ2n) is 6.49. The van der Waals surface area contributed by atoms with Crippen molar-refractivity contribution in [2.75, 3.05) is 19.6 Å². The summed E-state index contributed by atoms with van der Waals surface area (Å²) in [4.78, 5) is 9.53. The molecule has 0 N–H and O–H groups in total. The van der Waals surface area contributed by atoms with Gasteiger partial charge in [0.25, 0.3) is 0 Å². The number of aryl methyl sites for hydroxylation is 3. The summed E-state index contributed by atoms with van der Waals surface area (Å²) in [7, 11) is 0. The summed E-state index contributed by atoms with van der Waals surface area (Å²) < 4.78 is 7.51. The molecule has 3 heterocycles. The predicted octanol–water partition coefficient (Wildman–Crippen LogP) is 2.21. The van der Waals surface area contributed by atoms with Crippen LogP contribution in [0, 0.1) is 13.8 Å². The Bertz CT molecular complexity index is 628. The lowest BCUT2D eigenvalue weighted by Gasteiger charge is -2.39. The normalized spacial score (nSPS) is 20.3. The fraction of sp³-hybridized carbons (Fsp3) is 0.647. The first-order valence-corrected chi connectivity index (χ1v) is 8.46. The van der Waals surface area contributed by atoms with E-state index in [4.69, 9.17) is 4.52 Å². The van der Waals surface area contributed by atoms with Crippen molar-refractivity contribution in [3.05, 3.63) is 35.2 Å². The number of hydrogen-bond acceptors (Lipinski definition) is 5. The lowest BCUT2D eigenvalue weighted by Crippen LogP contribution is -2.51. The van der Waals surface area contributed by atoms with Gasteiger partial charge in [-0.15, -0.1) is 0 Å². The third kappa shape index (κ3) is 3.48. The molecule has 0 spiro atoms. The standard InChI is InChI=1S/C17H27N5O/c1-5-21-7-6-18-17(21)12-22-9-8-20(10-13(22)2)11-16-14(3)19-23-15(16)4/h6-7,13H,5,8-12H2,1-4H3. The molecule has 0 aliphatic carbocycles. The van der Waals surface area contributed by atoms with E-state index in [0.29, 0.717) is 6.04 Å². The average Bonchev–Trinajstić information content (AvgIpc) is 3.11. The second kappa shape index (κ2) is 6.84. The molecule has 1 fully saturated rings. The van der Waals surface area contributed by atoms with E-state index in [1.165, 1.54) is 11.4 Å². The van der Waals surface area contributed by atoms with Crippen LogP contribution >= 0.6 is 0 Å². The van der Waals surface area contributed by atoms with E-state index in [1.807, 2.05) is 20.0 Å². The van der Waals surface area contributed by atoms with Gasteiger partial charge >= 0.3 is 0 Å². The number of nitrogens with zero attached hydrogens (tertiary/aromatic N) is 5. The van der Waals surface area contributed by atoms with E-state index >= 15 is 0 Å². The predicted molar refractivity (Wildman–Crippen MR) is 89.0 cm³/mol. The number of aromatic nitrogens is 3. The number of rotatable bonds is 5. The summed E-state index contributed by atoms with van der Waals surface area (Å²) in [6, 6.07) is 0.520. The molecule has 1 unspecified atom stereocenters. The minimum atomic E-state index is 0.520. The van der Waals surface area contributed by atoms with Crippen LogP contribution < -0.4 is 0 Å². The molecule has 2 aromatic rings. The van der Waals surface area contributed by atoms with Gasteiger partial charge in [0.1, 0.15) is 11.6 Å². The van der Waals surface area contributed by atoms with Crippen molar-refractivity contribution in [3.8, 4) is 0 Å². The highest BCUT2D eigenvalue weighted by molar-refractivity contribution is 5.20. The van der Waals surface area contributed by atoms with Crippen molar-refractivity contribution in [3.63, 3.8) is 0 Å². The molecule has 0 bridgehead atoms. The van der Waals surface area contributed by atoms with Gasteiger partial charge < -0.3 is 9.09 Å². The minimum absolute atomic E-state index is 0.520. The van der Waals surface area contributed by atoms with Crippen molar-refractivity contribution >= 4 is 0 Å². The largest absolute Gasteiger partial charge is 0.361 e. The first-order valence-electron chi connectivity index (χ1n) is 8.46. The van der Waals surface area contributed by atoms with Gasteiger partial charge in [-0.25, -0.2) is 4.98 Å². The summed E-state index contributed by atoms with van der Waals surface area (Å²) in [6.45, 7) is 14.5. The molecule has 0 radical (unpaired) electrons. The molecule has 1 aliphatic rings. The molecule has 2 aromatic heterocycles. The van der Waals surface area contributed by atoms with Gasteiger partial charge in [0.15, 0.2) is 0 Å². The van der Waals surface area contributed by atoms with Gasteiger partial charge in [0, 0.05) is 56.7 Å². The lowest BCUT2D eigenvalue weighted by molar-refractivity contribution is 0.0702. The molecule has 23 heavy (non-hydrogen) atoms. The van der Waals surface area contributed by atoms with Gasteiger partial charge in [-0.1, -0.05) is 5.16 Å². The zero-order valence-corrected chi connectivity index (χ0v) is 14.6. The van der Waals surface area contributed by atoms with E-state index in [2.05, 4.69) is 44.6 Å². The highest BCUT2D eigenvalue weighted by Crippen LogP contribution is 2.19. The van der Waals surface area contributed by atoms with Gasteiger partial charge in [-0.3, -0.25) is 9.80 Å². The Balaban J connectivity index is 1.59. The quantitative estimate of drug-likeness (QED) is 0.846. The summed E-state index contributed by atoms with van der Waals surface area (Å²) in [5.74, 6) is 2.11. The van der Waals surface area contributed by atoms with Crippen molar-refractivity contribution in [2.24, 2.45) is 0 Å². The first kappa shape index (κ1) is 16.2. The Kier molecular flexibility index (Phi) is 4.82. The van der Waals surface area contributed by atoms with Crippen molar-refractivity contribution in [1.29, 1.82) is 0 Å². The zero-order valence-electron chi connectivity index (χ0n) is 14.6. The highest BCUT2D eigenvalue weighted by Gasteiger charge is 2.26. The molecule has 6 nitrogen and oxygen atoms in total. The molecule has 0 amide bonds. The van der Waals surface area contributed by atoms with Gasteiger partial charge in [-0.05, 0) is 27.7 Å². The van der Waals surface area contributed by atoms with Crippen LogP contribution in [0.25, 0.3) is 0 Å². The maximum Gasteiger partial charge on any atom is 0.138 e. The molecule has 1 saturated heterocycles. The van der Waals surface area contributed by atoms with E-state index in [0.717, 1.165) is 50.7 Å². The molecule has 0 aromatic carbocycles. The SMILES string of the molecule is CCn1ccnc1CN1CCN(Cc2c(C)noc2C)CC1C. The van der Waals surface area contributed by atoms with Crippen LogP contribution in [0.2, 0.25) is 0 Å². The molecule has 3 rings (SSSR count). The zero-order chi connectivity index (χ0) is 16.4. The van der Waals surface area contributed by atoms with Crippen molar-refractivity contribution < 1.29 is 4.52 Å². The fourth-order valence-electron chi connectivity index (χ4n) is 3.36. The second-order valence-corrected chi connectivity index (χ2v) is 6.49. The third-order valence-electron chi connectivity index (χ3n) is 4.90. The fourth-order valence-corrected chi connectivity index (χ4v) is 3.36. The van der Waals surface area contributed by atoms with E-state index in [9.17, 15) is 0 Å². The molecule has 126 valence electrons. The lowest BCUT2D eigenvalue weighted by atomic mass is 10.1. The van der Waals surface area contributed by atoms with Crippen LogP contribution in [0.15, 0.2) is 16.9 Å². The molecule has 1 atom stereocenters. The Morgan fingerprint density at radius 3 is 2.74 bits per heavy atom. The van der Waals surface area contributed by atoms with Crippen LogP contribution in [-0.4, -0.2) is 50.2 Å². The minimum Gasteiger partial charge on any atom is -0.361 e. The summed E-state index contributed by atoms with van der Waals surface area (Å²) in [6.07, 6.45) is 3.96. The molecule has 0 saturated carbocycles. The maximum atomic E-state index is 5.28. The van der Waals surface area contributed by atoms with Crippen LogP contribution in [0.1, 0.15) is 36.7 Å².